The zero-order chi connectivity index (χ0) is 13.5. The Kier molecular flexibility index (Phi) is 5.16. The van der Waals surface area contributed by atoms with E-state index >= 15 is 0 Å². The van der Waals surface area contributed by atoms with Crippen molar-refractivity contribution in [3.63, 3.8) is 0 Å². The van der Waals surface area contributed by atoms with Crippen LogP contribution in [-0.2, 0) is 11.3 Å². The highest BCUT2D eigenvalue weighted by atomic mass is 16.4. The van der Waals surface area contributed by atoms with Gasteiger partial charge in [-0.15, -0.1) is 0 Å². The smallest absolute Gasteiger partial charge is 0.315 e. The molecule has 0 aliphatic heterocycles. The van der Waals surface area contributed by atoms with Gasteiger partial charge in [0.15, 0.2) is 0 Å². The number of carboxylic acid groups (broad SMARTS) is 1. The molecule has 7 nitrogen and oxygen atoms in total. The summed E-state index contributed by atoms with van der Waals surface area (Å²) in [4.78, 5) is 29.0. The third-order valence-corrected chi connectivity index (χ3v) is 2.49. The molecule has 0 radical (unpaired) electrons. The maximum absolute atomic E-state index is 11.6. The van der Waals surface area contributed by atoms with E-state index in [4.69, 9.17) is 5.11 Å². The molecule has 1 rings (SSSR count). The van der Waals surface area contributed by atoms with E-state index in [9.17, 15) is 9.59 Å². The van der Waals surface area contributed by atoms with Crippen LogP contribution in [0.3, 0.4) is 0 Å². The molecule has 0 aliphatic carbocycles. The van der Waals surface area contributed by atoms with E-state index in [1.165, 1.54) is 0 Å². The third kappa shape index (κ3) is 4.86. The first-order valence-corrected chi connectivity index (χ1v) is 5.73. The minimum atomic E-state index is -0.931. The molecule has 4 N–H and O–H groups in total. The third-order valence-electron chi connectivity index (χ3n) is 2.49. The van der Waals surface area contributed by atoms with Gasteiger partial charge in [0.2, 0.25) is 0 Å². The summed E-state index contributed by atoms with van der Waals surface area (Å²) >= 11 is 0. The Hall–Kier alpha value is -2.05. The van der Waals surface area contributed by atoms with Gasteiger partial charge in [-0.25, -0.2) is 9.78 Å². The number of H-pyrrole nitrogens is 1. The van der Waals surface area contributed by atoms with Gasteiger partial charge in [-0.05, 0) is 5.92 Å². The Morgan fingerprint density at radius 1 is 1.50 bits per heavy atom. The number of carbonyl (C=O) groups is 2. The fourth-order valence-corrected chi connectivity index (χ4v) is 1.42. The number of rotatable bonds is 6. The summed E-state index contributed by atoms with van der Waals surface area (Å²) in [6, 6.07) is -0.787. The van der Waals surface area contributed by atoms with Crippen LogP contribution < -0.4 is 10.6 Å². The lowest BCUT2D eigenvalue weighted by Crippen LogP contribution is -2.45. The molecule has 0 aliphatic rings. The Bertz CT molecular complexity index is 389. The molecule has 1 aromatic rings. The van der Waals surface area contributed by atoms with Crippen molar-refractivity contribution in [1.82, 2.24) is 20.6 Å². The number of hydrogen-bond donors (Lipinski definition) is 4. The molecule has 100 valence electrons. The maximum atomic E-state index is 11.6. The molecule has 0 saturated heterocycles. The van der Waals surface area contributed by atoms with Crippen LogP contribution in [-0.4, -0.2) is 33.1 Å². The van der Waals surface area contributed by atoms with E-state index in [1.807, 2.05) is 13.8 Å². The molecule has 0 fully saturated rings. The molecular weight excluding hydrogens is 236 g/mol. The van der Waals surface area contributed by atoms with Gasteiger partial charge in [0.25, 0.3) is 0 Å². The lowest BCUT2D eigenvalue weighted by atomic mass is 10.0. The lowest BCUT2D eigenvalue weighted by Gasteiger charge is -2.20. The van der Waals surface area contributed by atoms with Crippen molar-refractivity contribution in [1.29, 1.82) is 0 Å². The van der Waals surface area contributed by atoms with E-state index in [2.05, 4.69) is 20.6 Å². The largest absolute Gasteiger partial charge is 0.481 e. The molecular formula is C11H18N4O3. The first kappa shape index (κ1) is 14.0. The van der Waals surface area contributed by atoms with Gasteiger partial charge in [0, 0.05) is 18.4 Å². The van der Waals surface area contributed by atoms with Crippen LogP contribution in [0.2, 0.25) is 0 Å². The molecule has 1 heterocycles. The highest BCUT2D eigenvalue weighted by molar-refractivity contribution is 5.75. The summed E-state index contributed by atoms with van der Waals surface area (Å²) in [5, 5.41) is 14.0. The van der Waals surface area contributed by atoms with Crippen molar-refractivity contribution in [3.05, 3.63) is 18.2 Å². The van der Waals surface area contributed by atoms with Gasteiger partial charge >= 0.3 is 12.0 Å². The molecule has 1 aromatic heterocycles. The van der Waals surface area contributed by atoms with Crippen LogP contribution in [0.5, 0.6) is 0 Å². The fraction of sp³-hybridized carbons (Fsp3) is 0.545. The average molecular weight is 254 g/mol. The predicted octanol–water partition coefficient (Wildman–Crippen LogP) is 0.708. The number of hydrogen-bond acceptors (Lipinski definition) is 3. The Morgan fingerprint density at radius 2 is 2.22 bits per heavy atom. The molecule has 0 aromatic carbocycles. The monoisotopic (exact) mass is 254 g/mol. The number of amides is 2. The normalized spacial score (nSPS) is 12.2. The van der Waals surface area contributed by atoms with Crippen LogP contribution in [0, 0.1) is 5.92 Å². The van der Waals surface area contributed by atoms with Gasteiger partial charge in [0.1, 0.15) is 5.82 Å². The zero-order valence-corrected chi connectivity index (χ0v) is 10.4. The number of carboxylic acids is 1. The van der Waals surface area contributed by atoms with Crippen LogP contribution in [0.25, 0.3) is 0 Å². The minimum Gasteiger partial charge on any atom is -0.481 e. The van der Waals surface area contributed by atoms with Crippen LogP contribution >= 0.6 is 0 Å². The quantitative estimate of drug-likeness (QED) is 0.599. The van der Waals surface area contributed by atoms with Gasteiger partial charge in [0.05, 0.1) is 13.0 Å². The van der Waals surface area contributed by atoms with E-state index in [0.29, 0.717) is 5.82 Å². The molecule has 0 spiro atoms. The Balaban J connectivity index is 2.38. The summed E-state index contributed by atoms with van der Waals surface area (Å²) in [6.45, 7) is 4.00. The van der Waals surface area contributed by atoms with Crippen molar-refractivity contribution < 1.29 is 14.7 Å². The zero-order valence-electron chi connectivity index (χ0n) is 10.4. The molecule has 0 bridgehead atoms. The lowest BCUT2D eigenvalue weighted by molar-refractivity contribution is -0.137. The number of nitrogens with zero attached hydrogens (tertiary/aromatic N) is 1. The van der Waals surface area contributed by atoms with Crippen LogP contribution in [0.4, 0.5) is 4.79 Å². The highest BCUT2D eigenvalue weighted by Crippen LogP contribution is 2.05. The molecule has 2 amide bonds. The average Bonchev–Trinajstić information content (AvgIpc) is 2.77. The number of aliphatic carboxylic acids is 1. The van der Waals surface area contributed by atoms with Crippen molar-refractivity contribution in [2.45, 2.75) is 32.9 Å². The standard InChI is InChI=1S/C11H18N4O3/c1-7(2)8(5-10(16)17)15-11(18)14-6-9-12-3-4-13-9/h3-4,7-8H,5-6H2,1-2H3,(H,12,13)(H,16,17)(H2,14,15,18). The first-order chi connectivity index (χ1) is 8.49. The second-order valence-electron chi connectivity index (χ2n) is 4.31. The van der Waals surface area contributed by atoms with Gasteiger partial charge in [-0.2, -0.15) is 0 Å². The second-order valence-corrected chi connectivity index (χ2v) is 4.31. The van der Waals surface area contributed by atoms with Gasteiger partial charge in [-0.3, -0.25) is 4.79 Å². The topological polar surface area (TPSA) is 107 Å². The summed E-state index contributed by atoms with van der Waals surface area (Å²) in [7, 11) is 0. The first-order valence-electron chi connectivity index (χ1n) is 5.73. The SMILES string of the molecule is CC(C)C(CC(=O)O)NC(=O)NCc1ncc[nH]1. The molecule has 1 atom stereocenters. The molecule has 7 heteroatoms. The van der Waals surface area contributed by atoms with Crippen molar-refractivity contribution in [2.24, 2.45) is 5.92 Å². The van der Waals surface area contributed by atoms with E-state index < -0.39 is 12.0 Å². The molecule has 1 unspecified atom stereocenters. The summed E-state index contributed by atoms with van der Waals surface area (Å²) in [5.74, 6) is -0.236. The van der Waals surface area contributed by atoms with Gasteiger partial charge in [-0.1, -0.05) is 13.8 Å². The maximum Gasteiger partial charge on any atom is 0.315 e. The number of imidazole rings is 1. The number of carbonyl (C=O) groups excluding carboxylic acids is 1. The van der Waals surface area contributed by atoms with Crippen molar-refractivity contribution >= 4 is 12.0 Å². The molecule has 18 heavy (non-hydrogen) atoms. The number of nitrogens with one attached hydrogen (secondary N) is 3. The Morgan fingerprint density at radius 3 is 2.72 bits per heavy atom. The van der Waals surface area contributed by atoms with Crippen LogP contribution in [0.15, 0.2) is 12.4 Å². The minimum absolute atomic E-state index is 0.0514. The van der Waals surface area contributed by atoms with Crippen LogP contribution in [0.1, 0.15) is 26.1 Å². The predicted molar refractivity (Wildman–Crippen MR) is 64.8 cm³/mol. The number of aromatic amines is 1. The second kappa shape index (κ2) is 6.63. The molecule has 0 saturated carbocycles. The number of aromatic nitrogens is 2. The Labute approximate surface area is 105 Å². The van der Waals surface area contributed by atoms with E-state index in [-0.39, 0.29) is 24.9 Å². The van der Waals surface area contributed by atoms with Gasteiger partial charge < -0.3 is 20.7 Å². The summed E-state index contributed by atoms with van der Waals surface area (Å²) in [6.07, 6.45) is 3.17. The summed E-state index contributed by atoms with van der Waals surface area (Å²) < 4.78 is 0. The van der Waals surface area contributed by atoms with Crippen molar-refractivity contribution in [3.8, 4) is 0 Å². The summed E-state index contributed by atoms with van der Waals surface area (Å²) in [5.41, 5.74) is 0. The fourth-order valence-electron chi connectivity index (χ4n) is 1.42. The van der Waals surface area contributed by atoms with E-state index in [0.717, 1.165) is 0 Å². The van der Waals surface area contributed by atoms with Crippen molar-refractivity contribution in [2.75, 3.05) is 0 Å². The highest BCUT2D eigenvalue weighted by Gasteiger charge is 2.19. The number of urea groups is 1. The van der Waals surface area contributed by atoms with E-state index in [1.54, 1.807) is 12.4 Å².